The first-order valence-corrected chi connectivity index (χ1v) is 8.78. The fraction of sp³-hybridized carbons (Fsp3) is 0.118. The van der Waals surface area contributed by atoms with Crippen LogP contribution in [0.2, 0.25) is 0 Å². The van der Waals surface area contributed by atoms with Crippen LogP contribution in [0, 0.1) is 0 Å². The molecule has 2 N–H and O–H groups in total. The largest absolute Gasteiger partial charge is 0.339 e. The standard InChI is InChI=1S/C17H14N6O2S/c24-15(19-14-10-12(21-22-14)13-2-1-9-26-13)3-4-16-20-17(23-25-16)11-5-7-18-8-6-11/h1-2,5-10H,3-4H2,(H2,19,21,22,24). The first-order chi connectivity index (χ1) is 12.8. The molecule has 0 aliphatic heterocycles. The summed E-state index contributed by atoms with van der Waals surface area (Å²) < 4.78 is 5.19. The van der Waals surface area contributed by atoms with Gasteiger partial charge in [0.05, 0.1) is 10.6 Å². The maximum Gasteiger partial charge on any atom is 0.227 e. The Kier molecular flexibility index (Phi) is 4.52. The molecule has 0 saturated carbocycles. The predicted molar refractivity (Wildman–Crippen MR) is 96.4 cm³/mol. The number of H-pyrrole nitrogens is 1. The highest BCUT2D eigenvalue weighted by molar-refractivity contribution is 7.13. The number of carbonyl (C=O) groups is 1. The van der Waals surface area contributed by atoms with Crippen LogP contribution in [-0.4, -0.2) is 31.2 Å². The van der Waals surface area contributed by atoms with Crippen LogP contribution < -0.4 is 5.32 Å². The second-order valence-corrected chi connectivity index (χ2v) is 6.39. The molecule has 0 aliphatic rings. The zero-order valence-electron chi connectivity index (χ0n) is 13.5. The van der Waals surface area contributed by atoms with E-state index in [0.717, 1.165) is 16.1 Å². The van der Waals surface area contributed by atoms with Gasteiger partial charge in [0.15, 0.2) is 5.82 Å². The highest BCUT2D eigenvalue weighted by Crippen LogP contribution is 2.24. The van der Waals surface area contributed by atoms with Gasteiger partial charge in [-0.1, -0.05) is 11.2 Å². The third-order valence-electron chi connectivity index (χ3n) is 3.60. The molecule has 0 fully saturated rings. The Hall–Kier alpha value is -3.33. The van der Waals surface area contributed by atoms with Crippen LogP contribution in [0.5, 0.6) is 0 Å². The van der Waals surface area contributed by atoms with E-state index in [4.69, 9.17) is 4.52 Å². The van der Waals surface area contributed by atoms with E-state index >= 15 is 0 Å². The maximum absolute atomic E-state index is 12.1. The number of nitrogens with zero attached hydrogens (tertiary/aromatic N) is 4. The molecule has 130 valence electrons. The lowest BCUT2D eigenvalue weighted by atomic mass is 10.2. The molecule has 0 saturated heterocycles. The summed E-state index contributed by atoms with van der Waals surface area (Å²) in [6, 6.07) is 9.34. The number of nitrogens with one attached hydrogen (secondary N) is 2. The predicted octanol–water partition coefficient (Wildman–Crippen LogP) is 3.15. The van der Waals surface area contributed by atoms with E-state index in [9.17, 15) is 4.79 Å². The molecule has 8 nitrogen and oxygen atoms in total. The Morgan fingerprint density at radius 1 is 1.27 bits per heavy atom. The van der Waals surface area contributed by atoms with E-state index in [1.165, 1.54) is 0 Å². The van der Waals surface area contributed by atoms with Gasteiger partial charge in [0.25, 0.3) is 0 Å². The third-order valence-corrected chi connectivity index (χ3v) is 4.51. The van der Waals surface area contributed by atoms with Gasteiger partial charge in [-0.15, -0.1) is 11.3 Å². The quantitative estimate of drug-likeness (QED) is 0.542. The van der Waals surface area contributed by atoms with Gasteiger partial charge in [-0.05, 0) is 23.6 Å². The number of aromatic nitrogens is 5. The van der Waals surface area contributed by atoms with Crippen molar-refractivity contribution < 1.29 is 9.32 Å². The number of thiophene rings is 1. The van der Waals surface area contributed by atoms with Crippen LogP contribution in [0.15, 0.2) is 52.6 Å². The highest BCUT2D eigenvalue weighted by atomic mass is 32.1. The van der Waals surface area contributed by atoms with Crippen molar-refractivity contribution in [2.45, 2.75) is 12.8 Å². The zero-order valence-corrected chi connectivity index (χ0v) is 14.4. The lowest BCUT2D eigenvalue weighted by Gasteiger charge is -1.98. The summed E-state index contributed by atoms with van der Waals surface area (Å²) in [6.07, 6.45) is 3.89. The van der Waals surface area contributed by atoms with Crippen molar-refractivity contribution in [1.29, 1.82) is 0 Å². The summed E-state index contributed by atoms with van der Waals surface area (Å²) in [5.74, 6) is 1.21. The molecule has 4 aromatic rings. The van der Waals surface area contributed by atoms with Crippen LogP contribution >= 0.6 is 11.3 Å². The lowest BCUT2D eigenvalue weighted by molar-refractivity contribution is -0.116. The first-order valence-electron chi connectivity index (χ1n) is 7.90. The molecular weight excluding hydrogens is 352 g/mol. The molecule has 4 aromatic heterocycles. The molecule has 0 aliphatic carbocycles. The lowest BCUT2D eigenvalue weighted by Crippen LogP contribution is -2.12. The normalized spacial score (nSPS) is 10.8. The average Bonchev–Trinajstić information content (AvgIpc) is 3.41. The average molecular weight is 366 g/mol. The first kappa shape index (κ1) is 16.2. The summed E-state index contributed by atoms with van der Waals surface area (Å²) in [5, 5.41) is 15.7. The molecule has 0 spiro atoms. The number of aromatic amines is 1. The molecule has 1 amide bonds. The van der Waals surface area contributed by atoms with Crippen molar-refractivity contribution >= 4 is 23.1 Å². The summed E-state index contributed by atoms with van der Waals surface area (Å²) >= 11 is 1.60. The molecule has 4 rings (SSSR count). The highest BCUT2D eigenvalue weighted by Gasteiger charge is 2.12. The van der Waals surface area contributed by atoms with E-state index in [0.29, 0.717) is 24.0 Å². The van der Waals surface area contributed by atoms with Crippen LogP contribution in [-0.2, 0) is 11.2 Å². The van der Waals surface area contributed by atoms with Crippen LogP contribution in [0.3, 0.4) is 0 Å². The minimum atomic E-state index is -0.169. The van der Waals surface area contributed by atoms with Gasteiger partial charge in [-0.25, -0.2) is 0 Å². The molecule has 0 aromatic carbocycles. The molecule has 0 bridgehead atoms. The summed E-state index contributed by atoms with van der Waals surface area (Å²) in [4.78, 5) is 21.4. The number of amides is 1. The van der Waals surface area contributed by atoms with Crippen LogP contribution in [0.25, 0.3) is 22.0 Å². The summed E-state index contributed by atoms with van der Waals surface area (Å²) in [7, 11) is 0. The summed E-state index contributed by atoms with van der Waals surface area (Å²) in [6.45, 7) is 0. The molecule has 0 atom stereocenters. The fourth-order valence-corrected chi connectivity index (χ4v) is 3.04. The van der Waals surface area contributed by atoms with Crippen LogP contribution in [0.4, 0.5) is 5.82 Å². The van der Waals surface area contributed by atoms with Gasteiger partial charge >= 0.3 is 0 Å². The molecular formula is C17H14N6O2S. The Morgan fingerprint density at radius 2 is 2.15 bits per heavy atom. The van der Waals surface area contributed by atoms with E-state index in [1.807, 2.05) is 17.5 Å². The van der Waals surface area contributed by atoms with Gasteiger partial charge in [0.2, 0.25) is 17.6 Å². The molecule has 9 heteroatoms. The Balaban J connectivity index is 1.32. The molecule has 4 heterocycles. The number of hydrogen-bond donors (Lipinski definition) is 2. The van der Waals surface area contributed by atoms with Gasteiger partial charge in [0, 0.05) is 36.9 Å². The SMILES string of the molecule is O=C(CCc1nc(-c2ccncc2)no1)Nc1cc(-c2cccs2)[nH]n1. The maximum atomic E-state index is 12.1. The Bertz CT molecular complexity index is 993. The molecule has 0 unspecified atom stereocenters. The number of aryl methyl sites for hydroxylation is 1. The van der Waals surface area contributed by atoms with Crippen LogP contribution in [0.1, 0.15) is 12.3 Å². The van der Waals surface area contributed by atoms with Crippen molar-refractivity contribution in [3.63, 3.8) is 0 Å². The topological polar surface area (TPSA) is 110 Å². The number of pyridine rings is 1. The second kappa shape index (κ2) is 7.28. The second-order valence-electron chi connectivity index (χ2n) is 5.44. The minimum absolute atomic E-state index is 0.169. The molecule has 26 heavy (non-hydrogen) atoms. The van der Waals surface area contributed by atoms with Gasteiger partial charge in [-0.2, -0.15) is 10.1 Å². The van der Waals surface area contributed by atoms with Gasteiger partial charge in [-0.3, -0.25) is 14.9 Å². The number of carbonyl (C=O) groups excluding carboxylic acids is 1. The monoisotopic (exact) mass is 366 g/mol. The smallest absolute Gasteiger partial charge is 0.227 e. The molecule has 0 radical (unpaired) electrons. The van der Waals surface area contributed by atoms with E-state index in [1.54, 1.807) is 41.9 Å². The van der Waals surface area contributed by atoms with E-state index in [-0.39, 0.29) is 12.3 Å². The Morgan fingerprint density at radius 3 is 2.96 bits per heavy atom. The number of anilines is 1. The zero-order chi connectivity index (χ0) is 17.8. The minimum Gasteiger partial charge on any atom is -0.339 e. The van der Waals surface area contributed by atoms with Crippen molar-refractivity contribution in [2.24, 2.45) is 0 Å². The van der Waals surface area contributed by atoms with E-state index < -0.39 is 0 Å². The fourth-order valence-electron chi connectivity index (χ4n) is 2.34. The van der Waals surface area contributed by atoms with Crippen molar-refractivity contribution in [2.75, 3.05) is 5.32 Å². The van der Waals surface area contributed by atoms with Gasteiger partial charge < -0.3 is 9.84 Å². The Labute approximate surface area is 152 Å². The van der Waals surface area contributed by atoms with Crippen molar-refractivity contribution in [3.05, 3.63) is 54.0 Å². The van der Waals surface area contributed by atoms with E-state index in [2.05, 4.69) is 30.6 Å². The number of hydrogen-bond acceptors (Lipinski definition) is 7. The van der Waals surface area contributed by atoms with Crippen molar-refractivity contribution in [3.8, 4) is 22.0 Å². The third kappa shape index (κ3) is 3.67. The van der Waals surface area contributed by atoms with Crippen molar-refractivity contribution in [1.82, 2.24) is 25.3 Å². The summed E-state index contributed by atoms with van der Waals surface area (Å²) in [5.41, 5.74) is 1.69. The van der Waals surface area contributed by atoms with Gasteiger partial charge in [0.1, 0.15) is 0 Å². The number of rotatable bonds is 6.